The monoisotopic (exact) mass is 250 g/mol. The van der Waals surface area contributed by atoms with Gasteiger partial charge in [0, 0.05) is 5.41 Å². The van der Waals surface area contributed by atoms with Gasteiger partial charge in [0.25, 0.3) is 0 Å². The summed E-state index contributed by atoms with van der Waals surface area (Å²) in [5, 5.41) is 25.4. The van der Waals surface area contributed by atoms with E-state index in [0.717, 1.165) is 26.4 Å². The number of rotatable bonds is 7. The second kappa shape index (κ2) is 7.25. The van der Waals surface area contributed by atoms with Gasteiger partial charge < -0.3 is 29.5 Å². The molecule has 2 saturated heterocycles. The van der Waals surface area contributed by atoms with Crippen LogP contribution in [0.15, 0.2) is 0 Å². The van der Waals surface area contributed by atoms with Crippen LogP contribution in [-0.2, 0) is 14.2 Å². The van der Waals surface area contributed by atoms with Crippen molar-refractivity contribution in [3.8, 4) is 0 Å². The molecule has 0 aromatic rings. The lowest BCUT2D eigenvalue weighted by Gasteiger charge is -2.20. The second-order valence-electron chi connectivity index (χ2n) is 4.73. The van der Waals surface area contributed by atoms with Crippen LogP contribution in [0, 0.1) is 5.41 Å². The number of ether oxygens (including phenoxy) is 3. The molecule has 2 aliphatic heterocycles. The highest BCUT2D eigenvalue weighted by molar-refractivity contribution is 4.71. The molecule has 6 nitrogen and oxygen atoms in total. The number of hydrogen-bond donors (Lipinski definition) is 3. The first kappa shape index (κ1) is 14.8. The Morgan fingerprint density at radius 1 is 1.00 bits per heavy atom. The van der Waals surface area contributed by atoms with Crippen molar-refractivity contribution in [1.29, 1.82) is 0 Å². The quantitative estimate of drug-likeness (QED) is 0.490. The SMILES string of the molecule is C(OCC1CO1)C1CO1.CC(CO)(CO)CO. The Morgan fingerprint density at radius 3 is 1.53 bits per heavy atom. The zero-order chi connectivity index (χ0) is 12.7. The molecule has 17 heavy (non-hydrogen) atoms. The third-order valence-electron chi connectivity index (χ3n) is 2.56. The third kappa shape index (κ3) is 6.92. The highest BCUT2D eigenvalue weighted by atomic mass is 16.6. The molecule has 0 aromatic carbocycles. The Balaban J connectivity index is 0.000000172. The molecule has 0 aliphatic carbocycles. The van der Waals surface area contributed by atoms with Crippen LogP contribution in [0.2, 0.25) is 0 Å². The molecule has 2 atom stereocenters. The van der Waals surface area contributed by atoms with E-state index in [4.69, 9.17) is 29.5 Å². The molecule has 0 radical (unpaired) electrons. The number of aliphatic hydroxyl groups excluding tert-OH is 3. The summed E-state index contributed by atoms with van der Waals surface area (Å²) in [5.41, 5.74) is -0.708. The minimum absolute atomic E-state index is 0.181. The summed E-state index contributed by atoms with van der Waals surface area (Å²) in [6.07, 6.45) is 0.785. The fraction of sp³-hybridized carbons (Fsp3) is 1.00. The van der Waals surface area contributed by atoms with Crippen LogP contribution in [0.4, 0.5) is 0 Å². The van der Waals surface area contributed by atoms with E-state index in [1.54, 1.807) is 6.92 Å². The molecule has 2 unspecified atom stereocenters. The van der Waals surface area contributed by atoms with E-state index in [9.17, 15) is 0 Å². The molecule has 102 valence electrons. The molecule has 2 aliphatic rings. The van der Waals surface area contributed by atoms with Gasteiger partial charge in [0.2, 0.25) is 0 Å². The molecule has 6 heteroatoms. The highest BCUT2D eigenvalue weighted by Gasteiger charge is 2.26. The van der Waals surface area contributed by atoms with Gasteiger partial charge in [0.15, 0.2) is 0 Å². The summed E-state index contributed by atoms with van der Waals surface area (Å²) in [6.45, 7) is 4.32. The highest BCUT2D eigenvalue weighted by Crippen LogP contribution is 2.12. The summed E-state index contributed by atoms with van der Waals surface area (Å²) < 4.78 is 15.1. The van der Waals surface area contributed by atoms with Crippen LogP contribution in [0.25, 0.3) is 0 Å². The third-order valence-corrected chi connectivity index (χ3v) is 2.56. The van der Waals surface area contributed by atoms with E-state index < -0.39 is 5.41 Å². The average Bonchev–Trinajstić information content (AvgIpc) is 3.23. The van der Waals surface area contributed by atoms with Crippen molar-refractivity contribution < 1.29 is 29.5 Å². The van der Waals surface area contributed by atoms with Crippen LogP contribution < -0.4 is 0 Å². The Morgan fingerprint density at radius 2 is 1.35 bits per heavy atom. The van der Waals surface area contributed by atoms with Crippen molar-refractivity contribution >= 4 is 0 Å². The fourth-order valence-corrected chi connectivity index (χ4v) is 0.809. The number of hydrogen-bond acceptors (Lipinski definition) is 6. The minimum atomic E-state index is -0.708. The average molecular weight is 250 g/mol. The summed E-state index contributed by atoms with van der Waals surface area (Å²) in [6, 6.07) is 0. The smallest absolute Gasteiger partial charge is 0.104 e. The molecule has 0 spiro atoms. The van der Waals surface area contributed by atoms with Crippen LogP contribution >= 0.6 is 0 Å². The largest absolute Gasteiger partial charge is 0.396 e. The maximum absolute atomic E-state index is 8.47. The number of aliphatic hydroxyl groups is 3. The lowest BCUT2D eigenvalue weighted by molar-refractivity contribution is 0.0200. The summed E-state index contributed by atoms with van der Waals surface area (Å²) in [4.78, 5) is 0. The Labute approximate surface area is 101 Å². The van der Waals surface area contributed by atoms with Gasteiger partial charge in [-0.3, -0.25) is 0 Å². The van der Waals surface area contributed by atoms with Gasteiger partial charge in [-0.1, -0.05) is 6.92 Å². The van der Waals surface area contributed by atoms with Crippen molar-refractivity contribution in [3.05, 3.63) is 0 Å². The van der Waals surface area contributed by atoms with Crippen LogP contribution in [0.1, 0.15) is 6.92 Å². The van der Waals surface area contributed by atoms with Gasteiger partial charge in [-0.2, -0.15) is 0 Å². The van der Waals surface area contributed by atoms with Gasteiger partial charge in [-0.05, 0) is 0 Å². The second-order valence-corrected chi connectivity index (χ2v) is 4.73. The van der Waals surface area contributed by atoms with E-state index in [0.29, 0.717) is 12.2 Å². The van der Waals surface area contributed by atoms with Gasteiger partial charge in [-0.25, -0.2) is 0 Å². The van der Waals surface area contributed by atoms with E-state index in [1.165, 1.54) is 0 Å². The van der Waals surface area contributed by atoms with Crippen molar-refractivity contribution in [2.75, 3.05) is 46.2 Å². The predicted molar refractivity (Wildman–Crippen MR) is 59.7 cm³/mol. The maximum atomic E-state index is 8.47. The zero-order valence-electron chi connectivity index (χ0n) is 10.2. The van der Waals surface area contributed by atoms with E-state index in [1.807, 2.05) is 0 Å². The molecule has 3 N–H and O–H groups in total. The molecular weight excluding hydrogens is 228 g/mol. The van der Waals surface area contributed by atoms with Gasteiger partial charge in [-0.15, -0.1) is 0 Å². The zero-order valence-corrected chi connectivity index (χ0v) is 10.2. The van der Waals surface area contributed by atoms with Gasteiger partial charge >= 0.3 is 0 Å². The number of epoxide rings is 2. The Bertz CT molecular complexity index is 178. The van der Waals surface area contributed by atoms with E-state index in [-0.39, 0.29) is 19.8 Å². The Kier molecular flexibility index (Phi) is 6.32. The molecule has 0 bridgehead atoms. The minimum Gasteiger partial charge on any atom is -0.396 e. The first-order chi connectivity index (χ1) is 8.13. The molecule has 2 rings (SSSR count). The first-order valence-electron chi connectivity index (χ1n) is 5.77. The van der Waals surface area contributed by atoms with Crippen LogP contribution in [0.3, 0.4) is 0 Å². The molecule has 0 amide bonds. The molecule has 2 heterocycles. The van der Waals surface area contributed by atoms with Crippen molar-refractivity contribution in [2.24, 2.45) is 5.41 Å². The lowest BCUT2D eigenvalue weighted by Crippen LogP contribution is -2.29. The first-order valence-corrected chi connectivity index (χ1v) is 5.77. The summed E-state index contributed by atoms with van der Waals surface area (Å²) in [7, 11) is 0. The lowest BCUT2D eigenvalue weighted by atomic mass is 9.95. The Hall–Kier alpha value is -0.240. The molecule has 0 saturated carbocycles. The van der Waals surface area contributed by atoms with Crippen molar-refractivity contribution in [2.45, 2.75) is 19.1 Å². The van der Waals surface area contributed by atoms with E-state index in [2.05, 4.69) is 0 Å². The van der Waals surface area contributed by atoms with Crippen molar-refractivity contribution in [1.82, 2.24) is 0 Å². The van der Waals surface area contributed by atoms with E-state index >= 15 is 0 Å². The van der Waals surface area contributed by atoms with Crippen LogP contribution in [0.5, 0.6) is 0 Å². The molecule has 0 aromatic heterocycles. The molecular formula is C11H22O6. The topological polar surface area (TPSA) is 95.0 Å². The maximum Gasteiger partial charge on any atom is 0.104 e. The normalized spacial score (nSPS) is 26.1. The fourth-order valence-electron chi connectivity index (χ4n) is 0.809. The standard InChI is InChI=1S/C6H10O3.C5H12O3/c1(5-3-8-5)7-2-6-4-9-6;1-5(2-6,3-7)4-8/h5-6H,1-4H2;6-8H,2-4H2,1H3. The molecule has 2 fully saturated rings. The van der Waals surface area contributed by atoms with Crippen LogP contribution in [-0.4, -0.2) is 73.8 Å². The van der Waals surface area contributed by atoms with Gasteiger partial charge in [0.05, 0.1) is 46.2 Å². The predicted octanol–water partition coefficient (Wildman–Crippen LogP) is -1.23. The summed E-state index contributed by atoms with van der Waals surface area (Å²) in [5.74, 6) is 0. The summed E-state index contributed by atoms with van der Waals surface area (Å²) >= 11 is 0. The van der Waals surface area contributed by atoms with Gasteiger partial charge in [0.1, 0.15) is 12.2 Å². The van der Waals surface area contributed by atoms with Crippen molar-refractivity contribution in [3.63, 3.8) is 0 Å².